The highest BCUT2D eigenvalue weighted by Gasteiger charge is 2.49. The number of hydrogen-bond donors (Lipinski definition) is 1. The molecule has 0 radical (unpaired) electrons. The molecule has 256 valence electrons. The molecule has 1 saturated carbocycles. The van der Waals surface area contributed by atoms with Gasteiger partial charge in [-0.1, -0.05) is 19.6 Å². The molecule has 1 aliphatic carbocycles. The van der Waals surface area contributed by atoms with Crippen LogP contribution >= 0.6 is 0 Å². The molecule has 1 aliphatic heterocycles. The number of nitrogens with zero attached hydrogens (tertiary/aromatic N) is 8. The van der Waals surface area contributed by atoms with Crippen molar-refractivity contribution in [2.24, 2.45) is 0 Å². The Labute approximate surface area is 278 Å². The summed E-state index contributed by atoms with van der Waals surface area (Å²) in [6.07, 6.45) is 5.48. The third-order valence-electron chi connectivity index (χ3n) is 9.38. The van der Waals surface area contributed by atoms with Crippen LogP contribution in [0.5, 0.6) is 5.88 Å². The Balaban J connectivity index is 1.08. The molecule has 4 aromatic heterocycles. The summed E-state index contributed by atoms with van der Waals surface area (Å²) in [6.45, 7) is 9.02. The minimum absolute atomic E-state index is 0.107. The second-order valence-electron chi connectivity index (χ2n) is 14.1. The van der Waals surface area contributed by atoms with Gasteiger partial charge >= 0.3 is 6.18 Å². The van der Waals surface area contributed by atoms with Crippen LogP contribution in [0.4, 0.5) is 13.2 Å². The van der Waals surface area contributed by atoms with E-state index in [4.69, 9.17) is 14.6 Å². The molecule has 4 aromatic rings. The van der Waals surface area contributed by atoms with Gasteiger partial charge in [0, 0.05) is 63.2 Å². The van der Waals surface area contributed by atoms with Gasteiger partial charge in [0.1, 0.15) is 30.5 Å². The first-order valence-electron chi connectivity index (χ1n) is 16.3. The van der Waals surface area contributed by atoms with Gasteiger partial charge in [-0.3, -0.25) is 9.58 Å². The normalized spacial score (nSPS) is 20.9. The number of fused-ring (bicyclic) bond motifs is 1. The molecule has 6 rings (SSSR count). The molecule has 0 spiro atoms. The predicted octanol–water partition coefficient (Wildman–Crippen LogP) is 5.83. The molecule has 2 aliphatic rings. The van der Waals surface area contributed by atoms with E-state index >= 15 is 0 Å². The number of alkyl halides is 3. The summed E-state index contributed by atoms with van der Waals surface area (Å²) in [5.41, 5.74) is 1.02. The van der Waals surface area contributed by atoms with Crippen molar-refractivity contribution in [2.75, 3.05) is 19.7 Å². The Morgan fingerprint density at radius 1 is 1.15 bits per heavy atom. The summed E-state index contributed by atoms with van der Waals surface area (Å²) in [5.74, 6) is -0.123. The van der Waals surface area contributed by atoms with E-state index in [1.165, 1.54) is 6.07 Å². The van der Waals surface area contributed by atoms with Crippen LogP contribution in [0, 0.1) is 11.3 Å². The van der Waals surface area contributed by atoms with Gasteiger partial charge in [-0.15, -0.1) is 0 Å². The van der Waals surface area contributed by atoms with Gasteiger partial charge in [0.05, 0.1) is 36.5 Å². The van der Waals surface area contributed by atoms with Crippen molar-refractivity contribution in [1.29, 1.82) is 5.26 Å². The van der Waals surface area contributed by atoms with Gasteiger partial charge in [0.25, 0.3) is 0 Å². The molecule has 48 heavy (non-hydrogen) atoms. The fourth-order valence-electron chi connectivity index (χ4n) is 6.60. The van der Waals surface area contributed by atoms with Crippen LogP contribution in [0.3, 0.4) is 0 Å². The van der Waals surface area contributed by atoms with E-state index in [0.29, 0.717) is 39.1 Å². The highest BCUT2D eigenvalue weighted by molar-refractivity contribution is 6.76. The Morgan fingerprint density at radius 2 is 1.92 bits per heavy atom. The average Bonchev–Trinajstić information content (AvgIpc) is 3.68. The van der Waals surface area contributed by atoms with Crippen molar-refractivity contribution < 1.29 is 27.8 Å². The lowest BCUT2D eigenvalue weighted by Crippen LogP contribution is -2.58. The van der Waals surface area contributed by atoms with E-state index < -0.39 is 32.1 Å². The lowest BCUT2D eigenvalue weighted by Gasteiger charge is -2.52. The summed E-state index contributed by atoms with van der Waals surface area (Å²) in [4.78, 5) is 15.1. The smallest absolute Gasteiger partial charge is 0.433 e. The van der Waals surface area contributed by atoms with Gasteiger partial charge in [-0.05, 0) is 49.4 Å². The number of ether oxygens (including phenoxy) is 2. The summed E-state index contributed by atoms with van der Waals surface area (Å²) in [7, 11) is -1.18. The second kappa shape index (κ2) is 13.6. The van der Waals surface area contributed by atoms with Crippen LogP contribution in [0.1, 0.15) is 43.4 Å². The fraction of sp³-hybridized carbons (Fsp3) is 0.545. The predicted molar refractivity (Wildman–Crippen MR) is 174 cm³/mol. The first kappa shape index (κ1) is 34.0. The first-order valence-corrected chi connectivity index (χ1v) is 20.0. The highest BCUT2D eigenvalue weighted by Crippen LogP contribution is 2.46. The van der Waals surface area contributed by atoms with Gasteiger partial charge in [-0.25, -0.2) is 15.0 Å². The minimum Gasteiger partial charge on any atom is -0.474 e. The number of likely N-dealkylation sites (tertiary alicyclic amines) is 1. The fourth-order valence-corrected chi connectivity index (χ4v) is 7.36. The summed E-state index contributed by atoms with van der Waals surface area (Å²) >= 11 is 0. The maximum Gasteiger partial charge on any atom is 0.433 e. The maximum absolute atomic E-state index is 13.3. The van der Waals surface area contributed by atoms with Crippen LogP contribution in [-0.2, 0) is 29.8 Å². The molecule has 2 fully saturated rings. The van der Waals surface area contributed by atoms with Crippen LogP contribution in [0.15, 0.2) is 43.1 Å². The molecule has 11 nitrogen and oxygen atoms in total. The number of piperidine rings is 1. The molecule has 0 bridgehead atoms. The number of rotatable bonds is 12. The second-order valence-corrected chi connectivity index (χ2v) is 19.7. The molecule has 5 heterocycles. The number of aliphatic hydroxyl groups excluding tert-OH is 1. The summed E-state index contributed by atoms with van der Waals surface area (Å²) in [6, 6.07) is 7.89. The standard InChI is InChI=1S/C33H41F3N8O3Si/c1-48(2,3)13-12-46-22-43-11-6-27-30(38-21-39-31(27)43)24-18-40-44(19-24)32(7-8-37)16-25(17-32)42-9-4-26(5-10-42)47-29-15-23(20-45)14-28(41-29)33(34,35)36/h6,11,14-15,18-19,21,25-26,45H,4-5,7,9-10,12-13,16-17,20,22H2,1-3H3/t25-,32+. The zero-order chi connectivity index (χ0) is 34.1. The van der Waals surface area contributed by atoms with Crippen LogP contribution in [0.2, 0.25) is 25.7 Å². The van der Waals surface area contributed by atoms with E-state index in [1.54, 1.807) is 12.5 Å². The monoisotopic (exact) mass is 682 g/mol. The molecule has 15 heteroatoms. The van der Waals surface area contributed by atoms with Crippen LogP contribution in [0.25, 0.3) is 22.3 Å². The molecule has 1 N–H and O–H groups in total. The molecule has 0 amide bonds. The van der Waals surface area contributed by atoms with Gasteiger partial charge < -0.3 is 19.1 Å². The van der Waals surface area contributed by atoms with Crippen molar-refractivity contribution in [3.8, 4) is 23.2 Å². The van der Waals surface area contributed by atoms with Crippen LogP contribution in [-0.4, -0.2) is 79.2 Å². The van der Waals surface area contributed by atoms with E-state index in [-0.39, 0.29) is 23.6 Å². The lowest BCUT2D eigenvalue weighted by molar-refractivity contribution is -0.141. The number of halogens is 3. The zero-order valence-electron chi connectivity index (χ0n) is 27.4. The summed E-state index contributed by atoms with van der Waals surface area (Å²) in [5, 5.41) is 24.8. The molecule has 1 saturated heterocycles. The molecule has 0 atom stereocenters. The third kappa shape index (κ3) is 7.41. The average molecular weight is 683 g/mol. The molecule has 0 aromatic carbocycles. The zero-order valence-corrected chi connectivity index (χ0v) is 28.4. The van der Waals surface area contributed by atoms with Gasteiger partial charge in [-0.2, -0.15) is 23.5 Å². The van der Waals surface area contributed by atoms with Crippen molar-refractivity contribution in [3.63, 3.8) is 0 Å². The lowest BCUT2D eigenvalue weighted by atomic mass is 9.69. The topological polar surface area (TPSA) is 127 Å². The van der Waals surface area contributed by atoms with Gasteiger partial charge in [0.15, 0.2) is 0 Å². The first-order chi connectivity index (χ1) is 22.9. The number of nitriles is 1. The summed E-state index contributed by atoms with van der Waals surface area (Å²) < 4.78 is 55.5. The largest absolute Gasteiger partial charge is 0.474 e. The third-order valence-corrected chi connectivity index (χ3v) is 11.1. The van der Waals surface area contributed by atoms with Crippen molar-refractivity contribution in [2.45, 2.75) is 95.0 Å². The maximum atomic E-state index is 13.3. The van der Waals surface area contributed by atoms with Gasteiger partial charge in [0.2, 0.25) is 5.88 Å². The van der Waals surface area contributed by atoms with E-state index in [2.05, 4.69) is 45.6 Å². The number of aromatic nitrogens is 6. The van der Waals surface area contributed by atoms with Crippen molar-refractivity contribution >= 4 is 19.1 Å². The van der Waals surface area contributed by atoms with Crippen LogP contribution < -0.4 is 4.74 Å². The Bertz CT molecular complexity index is 1770. The number of aliphatic hydroxyl groups is 1. The molecular formula is C33H41F3N8O3Si. The van der Waals surface area contributed by atoms with Crippen molar-refractivity contribution in [1.82, 2.24) is 34.2 Å². The Kier molecular flexibility index (Phi) is 9.63. The van der Waals surface area contributed by atoms with Crippen molar-refractivity contribution in [3.05, 3.63) is 54.4 Å². The van der Waals surface area contributed by atoms with E-state index in [0.717, 1.165) is 53.8 Å². The Hall–Kier alpha value is -3.84. The van der Waals surface area contributed by atoms with E-state index in [1.807, 2.05) is 27.7 Å². The quantitative estimate of drug-likeness (QED) is 0.145. The molecular weight excluding hydrogens is 641 g/mol. The highest BCUT2D eigenvalue weighted by atomic mass is 28.3. The number of hydrogen-bond acceptors (Lipinski definition) is 9. The Morgan fingerprint density at radius 3 is 2.60 bits per heavy atom. The molecule has 0 unspecified atom stereocenters. The minimum atomic E-state index is -4.63. The number of pyridine rings is 1. The van der Waals surface area contributed by atoms with E-state index in [9.17, 15) is 23.5 Å². The SMILES string of the molecule is C[Si](C)(C)CCOCn1ccc2c(-c3cnn([C@]4(CC#N)C[C@H](N5CCC(Oc6cc(CO)cc(C(F)(F)F)n6)CC5)C4)c3)ncnc21.